The minimum Gasteiger partial charge on any atom is -0.494 e. The predicted molar refractivity (Wildman–Crippen MR) is 113 cm³/mol. The van der Waals surface area contributed by atoms with Crippen LogP contribution in [0.5, 0.6) is 5.75 Å². The van der Waals surface area contributed by atoms with Crippen molar-refractivity contribution in [1.29, 1.82) is 0 Å². The molecule has 0 aliphatic heterocycles. The molecule has 0 spiro atoms. The lowest BCUT2D eigenvalue weighted by atomic mass is 10.2. The highest BCUT2D eigenvalue weighted by molar-refractivity contribution is 6.37. The summed E-state index contributed by atoms with van der Waals surface area (Å²) in [6.07, 6.45) is 1.64. The third kappa shape index (κ3) is 4.40. The molecule has 1 amide bonds. The summed E-state index contributed by atoms with van der Waals surface area (Å²) in [5, 5.41) is 7.69. The normalized spacial score (nSPS) is 10.6. The largest absolute Gasteiger partial charge is 0.494 e. The maximum absolute atomic E-state index is 12.6. The van der Waals surface area contributed by atoms with Crippen LogP contribution in [0.1, 0.15) is 15.9 Å². The van der Waals surface area contributed by atoms with Crippen LogP contribution in [0.2, 0.25) is 10.0 Å². The van der Waals surface area contributed by atoms with Crippen LogP contribution in [-0.4, -0.2) is 36.9 Å². The second-order valence-electron chi connectivity index (χ2n) is 6.36. The number of amides is 1. The van der Waals surface area contributed by atoms with Crippen molar-refractivity contribution in [2.24, 2.45) is 0 Å². The number of anilines is 2. The van der Waals surface area contributed by atoms with Gasteiger partial charge in [0.1, 0.15) is 5.82 Å². The van der Waals surface area contributed by atoms with Gasteiger partial charge in [-0.2, -0.15) is 5.10 Å². The molecule has 8 heteroatoms. The molecule has 0 atom stereocenters. The summed E-state index contributed by atoms with van der Waals surface area (Å²) in [7, 11) is 5.46. The molecule has 2 aromatic carbocycles. The van der Waals surface area contributed by atoms with E-state index in [2.05, 4.69) is 10.4 Å². The number of carbonyl (C=O) groups is 1. The first-order valence-electron chi connectivity index (χ1n) is 8.51. The molecule has 1 N–H and O–H groups in total. The number of nitrogens with one attached hydrogen (secondary N) is 1. The molecular formula is C20H20Cl2N4O2. The first-order chi connectivity index (χ1) is 13.4. The van der Waals surface area contributed by atoms with Gasteiger partial charge < -0.3 is 15.0 Å². The van der Waals surface area contributed by atoms with E-state index in [0.29, 0.717) is 23.7 Å². The predicted octanol–water partition coefficient (Wildman–Crippen LogP) is 4.57. The van der Waals surface area contributed by atoms with Crippen LogP contribution in [0.25, 0.3) is 0 Å². The van der Waals surface area contributed by atoms with Crippen molar-refractivity contribution in [3.8, 4) is 5.75 Å². The molecule has 0 saturated heterocycles. The lowest BCUT2D eigenvalue weighted by Gasteiger charge is -2.14. The Kier molecular flexibility index (Phi) is 6.11. The Morgan fingerprint density at radius 2 is 1.79 bits per heavy atom. The average molecular weight is 419 g/mol. The molecule has 0 aliphatic carbocycles. The fraction of sp³-hybridized carbons (Fsp3) is 0.200. The monoisotopic (exact) mass is 418 g/mol. The van der Waals surface area contributed by atoms with E-state index < -0.39 is 0 Å². The Morgan fingerprint density at radius 3 is 2.36 bits per heavy atom. The van der Waals surface area contributed by atoms with Gasteiger partial charge >= 0.3 is 0 Å². The first-order valence-corrected chi connectivity index (χ1v) is 9.27. The van der Waals surface area contributed by atoms with Gasteiger partial charge in [0, 0.05) is 31.4 Å². The number of aromatic nitrogens is 2. The zero-order valence-electron chi connectivity index (χ0n) is 15.7. The van der Waals surface area contributed by atoms with Crippen LogP contribution in [0, 0.1) is 0 Å². The Labute approximate surface area is 173 Å². The molecular weight excluding hydrogens is 399 g/mol. The van der Waals surface area contributed by atoms with E-state index in [-0.39, 0.29) is 16.0 Å². The van der Waals surface area contributed by atoms with Crippen molar-refractivity contribution < 1.29 is 9.53 Å². The van der Waals surface area contributed by atoms with E-state index in [1.54, 1.807) is 16.9 Å². The maximum Gasteiger partial charge on any atom is 0.256 e. The molecule has 0 aliphatic rings. The zero-order valence-corrected chi connectivity index (χ0v) is 17.3. The maximum atomic E-state index is 12.6. The summed E-state index contributed by atoms with van der Waals surface area (Å²) in [6, 6.07) is 12.9. The standard InChI is InChI=1S/C20H20Cl2N4O2/c1-25(2)15-6-4-13(5-7-15)12-26-18(8-9-23-26)24-20(27)14-10-16(21)19(28-3)17(22)11-14/h4-11H,12H2,1-3H3,(H,24,27). The van der Waals surface area contributed by atoms with Gasteiger partial charge in [-0.15, -0.1) is 0 Å². The Hall–Kier alpha value is -2.70. The number of benzene rings is 2. The van der Waals surface area contributed by atoms with Gasteiger partial charge in [0.25, 0.3) is 5.91 Å². The van der Waals surface area contributed by atoms with Crippen molar-refractivity contribution in [3.63, 3.8) is 0 Å². The van der Waals surface area contributed by atoms with Crippen LogP contribution in [-0.2, 0) is 6.54 Å². The SMILES string of the molecule is COc1c(Cl)cc(C(=O)Nc2ccnn2Cc2ccc(N(C)C)cc2)cc1Cl. The number of hydrogen-bond acceptors (Lipinski definition) is 4. The molecule has 1 heterocycles. The van der Waals surface area contributed by atoms with Crippen molar-refractivity contribution in [2.45, 2.75) is 6.54 Å². The Balaban J connectivity index is 1.76. The van der Waals surface area contributed by atoms with Crippen molar-refractivity contribution in [3.05, 3.63) is 69.8 Å². The molecule has 3 rings (SSSR count). The summed E-state index contributed by atoms with van der Waals surface area (Å²) >= 11 is 12.2. The molecule has 0 fully saturated rings. The van der Waals surface area contributed by atoms with E-state index in [4.69, 9.17) is 27.9 Å². The van der Waals surface area contributed by atoms with Gasteiger partial charge in [-0.05, 0) is 29.8 Å². The molecule has 6 nitrogen and oxygen atoms in total. The Bertz CT molecular complexity index is 961. The second kappa shape index (κ2) is 8.54. The third-order valence-electron chi connectivity index (χ3n) is 4.21. The second-order valence-corrected chi connectivity index (χ2v) is 7.18. The fourth-order valence-electron chi connectivity index (χ4n) is 2.71. The summed E-state index contributed by atoms with van der Waals surface area (Å²) in [4.78, 5) is 14.7. The number of hydrogen-bond donors (Lipinski definition) is 1. The molecule has 28 heavy (non-hydrogen) atoms. The van der Waals surface area contributed by atoms with Gasteiger partial charge in [0.15, 0.2) is 5.75 Å². The average Bonchev–Trinajstić information content (AvgIpc) is 3.08. The zero-order chi connectivity index (χ0) is 20.3. The van der Waals surface area contributed by atoms with E-state index in [1.807, 2.05) is 43.3 Å². The van der Waals surface area contributed by atoms with Gasteiger partial charge in [0.2, 0.25) is 0 Å². The lowest BCUT2D eigenvalue weighted by Crippen LogP contribution is -2.16. The number of methoxy groups -OCH3 is 1. The quantitative estimate of drug-likeness (QED) is 0.636. The number of carbonyl (C=O) groups excluding carboxylic acids is 1. The number of rotatable bonds is 6. The van der Waals surface area contributed by atoms with Gasteiger partial charge in [-0.1, -0.05) is 35.3 Å². The van der Waals surface area contributed by atoms with Crippen LogP contribution >= 0.6 is 23.2 Å². The number of ether oxygens (including phenoxy) is 1. The van der Waals surface area contributed by atoms with Gasteiger partial charge in [-0.25, -0.2) is 4.68 Å². The highest BCUT2D eigenvalue weighted by Crippen LogP contribution is 2.34. The molecule has 0 bridgehead atoms. The molecule has 0 unspecified atom stereocenters. The van der Waals surface area contributed by atoms with Crippen LogP contribution in [0.4, 0.5) is 11.5 Å². The molecule has 1 aromatic heterocycles. The molecule has 0 radical (unpaired) electrons. The van der Waals surface area contributed by atoms with E-state index in [9.17, 15) is 4.79 Å². The Morgan fingerprint density at radius 1 is 1.14 bits per heavy atom. The lowest BCUT2D eigenvalue weighted by molar-refractivity contribution is 0.102. The van der Waals surface area contributed by atoms with Crippen molar-refractivity contribution in [1.82, 2.24) is 9.78 Å². The van der Waals surface area contributed by atoms with E-state index >= 15 is 0 Å². The first kappa shape index (κ1) is 20.0. The molecule has 146 valence electrons. The van der Waals surface area contributed by atoms with Crippen LogP contribution in [0.3, 0.4) is 0 Å². The van der Waals surface area contributed by atoms with Gasteiger partial charge in [0.05, 0.1) is 29.9 Å². The van der Waals surface area contributed by atoms with E-state index in [0.717, 1.165) is 11.3 Å². The summed E-state index contributed by atoms with van der Waals surface area (Å²) < 4.78 is 6.83. The van der Waals surface area contributed by atoms with Gasteiger partial charge in [-0.3, -0.25) is 4.79 Å². The summed E-state index contributed by atoms with van der Waals surface area (Å²) in [5.74, 6) is 0.576. The van der Waals surface area contributed by atoms with E-state index in [1.165, 1.54) is 19.2 Å². The summed E-state index contributed by atoms with van der Waals surface area (Å²) in [5.41, 5.74) is 2.52. The van der Waals surface area contributed by atoms with Crippen LogP contribution < -0.4 is 15.0 Å². The minimum absolute atomic E-state index is 0.273. The highest BCUT2D eigenvalue weighted by atomic mass is 35.5. The molecule has 3 aromatic rings. The highest BCUT2D eigenvalue weighted by Gasteiger charge is 2.15. The topological polar surface area (TPSA) is 59.4 Å². The minimum atomic E-state index is -0.337. The number of halogens is 2. The third-order valence-corrected chi connectivity index (χ3v) is 4.77. The van der Waals surface area contributed by atoms with Crippen molar-refractivity contribution >= 4 is 40.6 Å². The van der Waals surface area contributed by atoms with Crippen molar-refractivity contribution in [2.75, 3.05) is 31.4 Å². The van der Waals surface area contributed by atoms with Crippen LogP contribution in [0.15, 0.2) is 48.7 Å². The fourth-order valence-corrected chi connectivity index (χ4v) is 3.35. The number of nitrogens with zero attached hydrogens (tertiary/aromatic N) is 3. The molecule has 0 saturated carbocycles. The smallest absolute Gasteiger partial charge is 0.256 e. The summed E-state index contributed by atoms with van der Waals surface area (Å²) in [6.45, 7) is 0.528.